The molecular weight excluding hydrogens is 300 g/mol. The van der Waals surface area contributed by atoms with E-state index in [0.717, 1.165) is 17.0 Å². The molecule has 0 saturated carbocycles. The van der Waals surface area contributed by atoms with Crippen molar-refractivity contribution < 1.29 is 9.53 Å². The number of carbonyl (C=O) groups excluding carboxylic acids is 1. The Morgan fingerprint density at radius 3 is 2.29 bits per heavy atom. The summed E-state index contributed by atoms with van der Waals surface area (Å²) in [5.41, 5.74) is 2.79. The van der Waals surface area contributed by atoms with E-state index >= 15 is 0 Å². The van der Waals surface area contributed by atoms with E-state index in [2.05, 4.69) is 5.32 Å². The normalized spacial score (nSPS) is 10.4. The SMILES string of the molecule is CCOc1ccc(C(=O)NCc2ccc(-n3cccc3)cc2)cc1. The van der Waals surface area contributed by atoms with Crippen LogP contribution in [-0.2, 0) is 6.54 Å². The summed E-state index contributed by atoms with van der Waals surface area (Å²) in [7, 11) is 0. The Labute approximate surface area is 141 Å². The molecule has 4 heteroatoms. The maximum absolute atomic E-state index is 12.2. The third-order valence-electron chi connectivity index (χ3n) is 3.72. The largest absolute Gasteiger partial charge is 0.494 e. The Kier molecular flexibility index (Phi) is 4.96. The lowest BCUT2D eigenvalue weighted by Crippen LogP contribution is -2.22. The van der Waals surface area contributed by atoms with Crippen LogP contribution in [0.1, 0.15) is 22.8 Å². The van der Waals surface area contributed by atoms with E-state index in [-0.39, 0.29) is 5.91 Å². The maximum atomic E-state index is 12.2. The molecule has 3 aromatic rings. The van der Waals surface area contributed by atoms with Crippen LogP contribution < -0.4 is 10.1 Å². The molecule has 0 spiro atoms. The first-order chi connectivity index (χ1) is 11.8. The summed E-state index contributed by atoms with van der Waals surface area (Å²) in [6, 6.07) is 19.3. The molecule has 1 amide bonds. The molecule has 2 aromatic carbocycles. The van der Waals surface area contributed by atoms with Crippen molar-refractivity contribution in [3.63, 3.8) is 0 Å². The van der Waals surface area contributed by atoms with Crippen molar-refractivity contribution in [1.29, 1.82) is 0 Å². The van der Waals surface area contributed by atoms with Gasteiger partial charge < -0.3 is 14.6 Å². The molecule has 1 N–H and O–H groups in total. The predicted molar refractivity (Wildman–Crippen MR) is 94.6 cm³/mol. The minimum atomic E-state index is -0.0902. The summed E-state index contributed by atoms with van der Waals surface area (Å²) in [4.78, 5) is 12.2. The van der Waals surface area contributed by atoms with Gasteiger partial charge in [-0.2, -0.15) is 0 Å². The number of amides is 1. The fraction of sp³-hybridized carbons (Fsp3) is 0.150. The summed E-state index contributed by atoms with van der Waals surface area (Å²) >= 11 is 0. The average molecular weight is 320 g/mol. The molecule has 0 fully saturated rings. The van der Waals surface area contributed by atoms with E-state index in [4.69, 9.17) is 4.74 Å². The van der Waals surface area contributed by atoms with Crippen molar-refractivity contribution in [1.82, 2.24) is 9.88 Å². The number of carbonyl (C=O) groups is 1. The van der Waals surface area contributed by atoms with Gasteiger partial charge in [0.1, 0.15) is 5.75 Å². The van der Waals surface area contributed by atoms with E-state index in [1.165, 1.54) is 0 Å². The van der Waals surface area contributed by atoms with Crippen LogP contribution in [0.5, 0.6) is 5.75 Å². The van der Waals surface area contributed by atoms with Crippen LogP contribution in [0.25, 0.3) is 5.69 Å². The highest BCUT2D eigenvalue weighted by molar-refractivity contribution is 5.94. The van der Waals surface area contributed by atoms with Gasteiger partial charge in [-0.3, -0.25) is 4.79 Å². The minimum absolute atomic E-state index is 0.0902. The molecular formula is C20H20N2O2. The maximum Gasteiger partial charge on any atom is 0.251 e. The molecule has 0 aliphatic heterocycles. The molecule has 0 aliphatic rings. The lowest BCUT2D eigenvalue weighted by atomic mass is 10.1. The molecule has 4 nitrogen and oxygen atoms in total. The van der Waals surface area contributed by atoms with Crippen LogP contribution in [0, 0.1) is 0 Å². The molecule has 0 atom stereocenters. The summed E-state index contributed by atoms with van der Waals surface area (Å²) < 4.78 is 7.42. The number of benzene rings is 2. The van der Waals surface area contributed by atoms with E-state index in [9.17, 15) is 4.79 Å². The average Bonchev–Trinajstić information content (AvgIpc) is 3.16. The lowest BCUT2D eigenvalue weighted by Gasteiger charge is -2.08. The second-order valence-corrected chi connectivity index (χ2v) is 5.40. The van der Waals surface area contributed by atoms with E-state index in [1.807, 2.05) is 72.4 Å². The zero-order chi connectivity index (χ0) is 16.8. The first-order valence-electron chi connectivity index (χ1n) is 7.99. The molecule has 0 aliphatic carbocycles. The predicted octanol–water partition coefficient (Wildman–Crippen LogP) is 3.81. The third kappa shape index (κ3) is 3.84. The molecule has 0 bridgehead atoms. The lowest BCUT2D eigenvalue weighted by molar-refractivity contribution is 0.0951. The molecule has 0 saturated heterocycles. The van der Waals surface area contributed by atoms with Crippen molar-refractivity contribution in [2.24, 2.45) is 0 Å². The number of rotatable bonds is 6. The summed E-state index contributed by atoms with van der Waals surface area (Å²) in [5, 5.41) is 2.93. The van der Waals surface area contributed by atoms with Gasteiger partial charge in [0.05, 0.1) is 6.61 Å². The standard InChI is InChI=1S/C20H20N2O2/c1-2-24-19-11-7-17(8-12-19)20(23)21-15-16-5-9-18(10-6-16)22-13-3-4-14-22/h3-14H,2,15H2,1H3,(H,21,23). The topological polar surface area (TPSA) is 43.3 Å². The van der Waals surface area contributed by atoms with Gasteiger partial charge in [-0.25, -0.2) is 0 Å². The van der Waals surface area contributed by atoms with Gasteiger partial charge in [0.2, 0.25) is 0 Å². The second kappa shape index (κ2) is 7.51. The Morgan fingerprint density at radius 1 is 1.00 bits per heavy atom. The van der Waals surface area contributed by atoms with Gasteiger partial charge in [0.15, 0.2) is 0 Å². The Bertz CT molecular complexity index is 776. The molecule has 0 unspecified atom stereocenters. The molecule has 1 aromatic heterocycles. The quantitative estimate of drug-likeness (QED) is 0.750. The fourth-order valence-corrected chi connectivity index (χ4v) is 2.45. The Hall–Kier alpha value is -3.01. The number of nitrogens with zero attached hydrogens (tertiary/aromatic N) is 1. The van der Waals surface area contributed by atoms with Gasteiger partial charge in [-0.05, 0) is 61.0 Å². The molecule has 3 rings (SSSR count). The van der Waals surface area contributed by atoms with Crippen LogP contribution in [-0.4, -0.2) is 17.1 Å². The zero-order valence-corrected chi connectivity index (χ0v) is 13.6. The van der Waals surface area contributed by atoms with Crippen LogP contribution >= 0.6 is 0 Å². The fourth-order valence-electron chi connectivity index (χ4n) is 2.45. The first-order valence-corrected chi connectivity index (χ1v) is 7.99. The van der Waals surface area contributed by atoms with Crippen LogP contribution in [0.4, 0.5) is 0 Å². The zero-order valence-electron chi connectivity index (χ0n) is 13.6. The monoisotopic (exact) mass is 320 g/mol. The van der Waals surface area contributed by atoms with Crippen molar-refractivity contribution in [3.8, 4) is 11.4 Å². The smallest absolute Gasteiger partial charge is 0.251 e. The minimum Gasteiger partial charge on any atom is -0.494 e. The van der Waals surface area contributed by atoms with Crippen molar-refractivity contribution in [2.75, 3.05) is 6.61 Å². The highest BCUT2D eigenvalue weighted by atomic mass is 16.5. The van der Waals surface area contributed by atoms with E-state index in [1.54, 1.807) is 12.1 Å². The molecule has 122 valence electrons. The Balaban J connectivity index is 1.57. The number of hydrogen-bond acceptors (Lipinski definition) is 2. The van der Waals surface area contributed by atoms with Gasteiger partial charge >= 0.3 is 0 Å². The van der Waals surface area contributed by atoms with Gasteiger partial charge in [-0.15, -0.1) is 0 Å². The van der Waals surface area contributed by atoms with Crippen molar-refractivity contribution in [2.45, 2.75) is 13.5 Å². The van der Waals surface area contributed by atoms with Gasteiger partial charge in [-0.1, -0.05) is 12.1 Å². The summed E-state index contributed by atoms with van der Waals surface area (Å²) in [5.74, 6) is 0.683. The van der Waals surface area contributed by atoms with Gasteiger partial charge in [0.25, 0.3) is 5.91 Å². The van der Waals surface area contributed by atoms with Crippen LogP contribution in [0.2, 0.25) is 0 Å². The van der Waals surface area contributed by atoms with Crippen LogP contribution in [0.3, 0.4) is 0 Å². The summed E-state index contributed by atoms with van der Waals surface area (Å²) in [6.07, 6.45) is 4.01. The Morgan fingerprint density at radius 2 is 1.67 bits per heavy atom. The highest BCUT2D eigenvalue weighted by Crippen LogP contribution is 2.13. The number of hydrogen-bond donors (Lipinski definition) is 1. The molecule has 0 radical (unpaired) electrons. The van der Waals surface area contributed by atoms with Gasteiger partial charge in [0, 0.05) is 30.2 Å². The van der Waals surface area contributed by atoms with Crippen molar-refractivity contribution in [3.05, 3.63) is 84.2 Å². The van der Waals surface area contributed by atoms with E-state index in [0.29, 0.717) is 18.7 Å². The number of aromatic nitrogens is 1. The second-order valence-electron chi connectivity index (χ2n) is 5.40. The van der Waals surface area contributed by atoms with Crippen molar-refractivity contribution >= 4 is 5.91 Å². The first kappa shape index (κ1) is 15.9. The molecule has 24 heavy (non-hydrogen) atoms. The van der Waals surface area contributed by atoms with Crippen LogP contribution in [0.15, 0.2) is 73.1 Å². The number of nitrogens with one attached hydrogen (secondary N) is 1. The number of ether oxygens (including phenoxy) is 1. The third-order valence-corrected chi connectivity index (χ3v) is 3.72. The molecule has 1 heterocycles. The summed E-state index contributed by atoms with van der Waals surface area (Å²) in [6.45, 7) is 3.05. The van der Waals surface area contributed by atoms with E-state index < -0.39 is 0 Å². The highest BCUT2D eigenvalue weighted by Gasteiger charge is 2.05.